The second-order valence-electron chi connectivity index (χ2n) is 4.00. The summed E-state index contributed by atoms with van der Waals surface area (Å²) in [5.41, 5.74) is 0.933. The van der Waals surface area contributed by atoms with E-state index in [1.807, 2.05) is 24.3 Å². The van der Waals surface area contributed by atoms with E-state index in [0.29, 0.717) is 19.6 Å². The van der Waals surface area contributed by atoms with E-state index in [-0.39, 0.29) is 5.97 Å². The van der Waals surface area contributed by atoms with Crippen LogP contribution in [0.1, 0.15) is 18.9 Å². The smallest absolute Gasteiger partial charge is 0.310 e. The van der Waals surface area contributed by atoms with Gasteiger partial charge in [0.25, 0.3) is 0 Å². The van der Waals surface area contributed by atoms with E-state index in [0.717, 1.165) is 24.3 Å². The molecule has 0 saturated carbocycles. The van der Waals surface area contributed by atoms with Crippen molar-refractivity contribution in [2.24, 2.45) is 0 Å². The third-order valence-corrected chi connectivity index (χ3v) is 2.48. The Hall–Kier alpha value is -1.55. The van der Waals surface area contributed by atoms with Gasteiger partial charge in [-0.15, -0.1) is 0 Å². The number of carbonyl (C=O) groups excluding carboxylic acids is 1. The number of nitrogens with one attached hydrogen (secondary N) is 1. The summed E-state index contributed by atoms with van der Waals surface area (Å²) in [4.78, 5) is 11.5. The molecule has 100 valence electrons. The molecule has 0 amide bonds. The number of hydrogen-bond acceptors (Lipinski definition) is 4. The van der Waals surface area contributed by atoms with Crippen molar-refractivity contribution in [3.8, 4) is 5.75 Å². The molecule has 0 atom stereocenters. The molecule has 0 saturated heterocycles. The van der Waals surface area contributed by atoms with Gasteiger partial charge < -0.3 is 14.8 Å². The Morgan fingerprint density at radius 3 is 2.56 bits per heavy atom. The fourth-order valence-electron chi connectivity index (χ4n) is 1.50. The number of carbonyl (C=O) groups is 1. The molecule has 0 fully saturated rings. The number of ether oxygens (including phenoxy) is 2. The zero-order valence-electron chi connectivity index (χ0n) is 11.1. The maximum Gasteiger partial charge on any atom is 0.310 e. The van der Waals surface area contributed by atoms with Gasteiger partial charge in [-0.1, -0.05) is 19.1 Å². The van der Waals surface area contributed by atoms with Crippen molar-refractivity contribution in [3.05, 3.63) is 29.8 Å². The Morgan fingerprint density at radius 2 is 1.94 bits per heavy atom. The van der Waals surface area contributed by atoms with E-state index in [1.165, 1.54) is 0 Å². The molecule has 0 heterocycles. The second-order valence-corrected chi connectivity index (χ2v) is 4.00. The highest BCUT2D eigenvalue weighted by Crippen LogP contribution is 2.11. The quantitative estimate of drug-likeness (QED) is 0.565. The predicted octanol–water partition coefficient (Wildman–Crippen LogP) is 1.78. The minimum Gasteiger partial charge on any atom is -0.497 e. The largest absolute Gasteiger partial charge is 0.497 e. The lowest BCUT2D eigenvalue weighted by Gasteiger charge is -2.06. The third-order valence-electron chi connectivity index (χ3n) is 2.48. The average Bonchev–Trinajstić information content (AvgIpc) is 2.39. The topological polar surface area (TPSA) is 47.6 Å². The van der Waals surface area contributed by atoms with Crippen LogP contribution in [0.4, 0.5) is 0 Å². The number of methoxy groups -OCH3 is 1. The van der Waals surface area contributed by atoms with Crippen LogP contribution in [0, 0.1) is 0 Å². The molecule has 0 unspecified atom stereocenters. The van der Waals surface area contributed by atoms with Crippen LogP contribution in [0.15, 0.2) is 24.3 Å². The third kappa shape index (κ3) is 5.68. The van der Waals surface area contributed by atoms with Gasteiger partial charge in [0.15, 0.2) is 0 Å². The van der Waals surface area contributed by atoms with Crippen molar-refractivity contribution >= 4 is 5.97 Å². The summed E-state index contributed by atoms with van der Waals surface area (Å²) in [5, 5.41) is 3.18. The van der Waals surface area contributed by atoms with Crippen LogP contribution in [0.25, 0.3) is 0 Å². The van der Waals surface area contributed by atoms with Crippen molar-refractivity contribution in [3.63, 3.8) is 0 Å². The predicted molar refractivity (Wildman–Crippen MR) is 70.8 cm³/mol. The summed E-state index contributed by atoms with van der Waals surface area (Å²) in [7, 11) is 1.62. The molecule has 0 aliphatic heterocycles. The first-order valence-corrected chi connectivity index (χ1v) is 6.25. The van der Waals surface area contributed by atoms with E-state index >= 15 is 0 Å². The van der Waals surface area contributed by atoms with E-state index in [2.05, 4.69) is 12.2 Å². The monoisotopic (exact) mass is 251 g/mol. The summed E-state index contributed by atoms with van der Waals surface area (Å²) in [6.45, 7) is 4.19. The molecule has 0 aliphatic carbocycles. The van der Waals surface area contributed by atoms with E-state index in [9.17, 15) is 4.79 Å². The molecule has 1 aromatic carbocycles. The highest BCUT2D eigenvalue weighted by molar-refractivity contribution is 5.72. The van der Waals surface area contributed by atoms with Crippen LogP contribution in [0.3, 0.4) is 0 Å². The fraction of sp³-hybridized carbons (Fsp3) is 0.500. The van der Waals surface area contributed by atoms with Crippen LogP contribution in [-0.4, -0.2) is 32.8 Å². The Kier molecular flexibility index (Phi) is 6.87. The Morgan fingerprint density at radius 1 is 1.22 bits per heavy atom. The standard InChI is InChI=1S/C14H21NO3/c1-3-8-15-9-10-18-14(16)11-12-4-6-13(17-2)7-5-12/h4-7,15H,3,8-11H2,1-2H3. The maximum absolute atomic E-state index is 11.5. The molecule has 18 heavy (non-hydrogen) atoms. The lowest BCUT2D eigenvalue weighted by atomic mass is 10.1. The van der Waals surface area contributed by atoms with Crippen LogP contribution in [-0.2, 0) is 16.0 Å². The van der Waals surface area contributed by atoms with Crippen molar-refractivity contribution in [1.82, 2.24) is 5.32 Å². The van der Waals surface area contributed by atoms with Gasteiger partial charge in [-0.25, -0.2) is 0 Å². The van der Waals surface area contributed by atoms with Crippen molar-refractivity contribution in [2.75, 3.05) is 26.8 Å². The summed E-state index contributed by atoms with van der Waals surface area (Å²) in [6.07, 6.45) is 1.39. The highest BCUT2D eigenvalue weighted by atomic mass is 16.5. The first-order chi connectivity index (χ1) is 8.76. The molecule has 0 aliphatic rings. The van der Waals surface area contributed by atoms with E-state index in [4.69, 9.17) is 9.47 Å². The number of hydrogen-bond donors (Lipinski definition) is 1. The summed E-state index contributed by atoms with van der Waals surface area (Å²) in [5.74, 6) is 0.592. The summed E-state index contributed by atoms with van der Waals surface area (Å²) in [6, 6.07) is 7.42. The molecular weight excluding hydrogens is 230 g/mol. The molecule has 0 spiro atoms. The Bertz CT molecular complexity index is 349. The first kappa shape index (κ1) is 14.5. The molecule has 0 aromatic heterocycles. The van der Waals surface area contributed by atoms with Gasteiger partial charge in [0.1, 0.15) is 12.4 Å². The normalized spacial score (nSPS) is 10.1. The number of rotatable bonds is 8. The van der Waals surface area contributed by atoms with Crippen LogP contribution >= 0.6 is 0 Å². The molecule has 4 nitrogen and oxygen atoms in total. The van der Waals surface area contributed by atoms with E-state index < -0.39 is 0 Å². The lowest BCUT2D eigenvalue weighted by Crippen LogP contribution is -2.22. The summed E-state index contributed by atoms with van der Waals surface area (Å²) < 4.78 is 10.2. The van der Waals surface area contributed by atoms with Crippen LogP contribution in [0.5, 0.6) is 5.75 Å². The molecule has 1 aromatic rings. The van der Waals surface area contributed by atoms with Crippen molar-refractivity contribution in [2.45, 2.75) is 19.8 Å². The van der Waals surface area contributed by atoms with Crippen LogP contribution in [0.2, 0.25) is 0 Å². The van der Waals surface area contributed by atoms with Crippen molar-refractivity contribution in [1.29, 1.82) is 0 Å². The van der Waals surface area contributed by atoms with Gasteiger partial charge >= 0.3 is 5.97 Å². The van der Waals surface area contributed by atoms with E-state index in [1.54, 1.807) is 7.11 Å². The first-order valence-electron chi connectivity index (χ1n) is 6.25. The maximum atomic E-state index is 11.5. The van der Waals surface area contributed by atoms with Crippen molar-refractivity contribution < 1.29 is 14.3 Å². The van der Waals surface area contributed by atoms with Gasteiger partial charge in [0.2, 0.25) is 0 Å². The van der Waals surface area contributed by atoms with Gasteiger partial charge in [-0.2, -0.15) is 0 Å². The zero-order valence-corrected chi connectivity index (χ0v) is 11.1. The van der Waals surface area contributed by atoms with Crippen LogP contribution < -0.4 is 10.1 Å². The SMILES string of the molecule is CCCNCCOC(=O)Cc1ccc(OC)cc1. The second kappa shape index (κ2) is 8.53. The summed E-state index contributed by atoms with van der Waals surface area (Å²) >= 11 is 0. The Labute approximate surface area is 108 Å². The molecule has 1 rings (SSSR count). The number of esters is 1. The van der Waals surface area contributed by atoms with Gasteiger partial charge in [-0.05, 0) is 30.7 Å². The minimum atomic E-state index is -0.196. The average molecular weight is 251 g/mol. The fourth-order valence-corrected chi connectivity index (χ4v) is 1.50. The molecule has 1 N–H and O–H groups in total. The molecule has 0 radical (unpaired) electrons. The lowest BCUT2D eigenvalue weighted by molar-refractivity contribution is -0.142. The molecular formula is C14H21NO3. The minimum absolute atomic E-state index is 0.196. The molecule has 4 heteroatoms. The zero-order chi connectivity index (χ0) is 13.2. The number of benzene rings is 1. The van der Waals surface area contributed by atoms with Gasteiger partial charge in [0, 0.05) is 6.54 Å². The molecule has 0 bridgehead atoms. The van der Waals surface area contributed by atoms with Gasteiger partial charge in [-0.3, -0.25) is 4.79 Å². The van der Waals surface area contributed by atoms with Gasteiger partial charge in [0.05, 0.1) is 13.5 Å². The highest BCUT2D eigenvalue weighted by Gasteiger charge is 2.04. The Balaban J connectivity index is 2.22.